The number of hydrogen-bond donors (Lipinski definition) is 1. The van der Waals surface area contributed by atoms with E-state index in [4.69, 9.17) is 4.74 Å². The topological polar surface area (TPSA) is 21.3 Å². The molecular weight excluding hydrogens is 210 g/mol. The van der Waals surface area contributed by atoms with E-state index < -0.39 is 0 Å². The zero-order valence-electron chi connectivity index (χ0n) is 11.8. The van der Waals surface area contributed by atoms with E-state index in [0.717, 1.165) is 24.4 Å². The monoisotopic (exact) mass is 235 g/mol. The van der Waals surface area contributed by atoms with Crippen molar-refractivity contribution >= 4 is 5.69 Å². The van der Waals surface area contributed by atoms with Crippen LogP contribution in [-0.4, -0.2) is 13.2 Å². The highest BCUT2D eigenvalue weighted by Crippen LogP contribution is 2.26. The quantitative estimate of drug-likeness (QED) is 0.824. The maximum Gasteiger partial charge on any atom is 0.142 e. The second kappa shape index (κ2) is 5.95. The molecule has 0 aliphatic carbocycles. The van der Waals surface area contributed by atoms with Crippen LogP contribution in [0.25, 0.3) is 0 Å². The highest BCUT2D eigenvalue weighted by molar-refractivity contribution is 5.57. The molecule has 1 aromatic rings. The normalized spacial score (nSPS) is 11.4. The summed E-state index contributed by atoms with van der Waals surface area (Å²) in [6, 6.07) is 6.30. The lowest BCUT2D eigenvalue weighted by molar-refractivity contribution is 0.341. The molecular formula is C15H25NO. The predicted molar refractivity (Wildman–Crippen MR) is 74.9 cm³/mol. The lowest BCUT2D eigenvalue weighted by Gasteiger charge is -2.19. The molecule has 0 bridgehead atoms. The fourth-order valence-electron chi connectivity index (χ4n) is 1.62. The van der Waals surface area contributed by atoms with Crippen LogP contribution in [0.2, 0.25) is 0 Å². The van der Waals surface area contributed by atoms with Crippen LogP contribution >= 0.6 is 0 Å². The molecule has 96 valence electrons. The number of rotatable bonds is 5. The number of aryl methyl sites for hydroxylation is 1. The molecule has 0 spiro atoms. The Bertz CT molecular complexity index is 352. The maximum absolute atomic E-state index is 5.64. The summed E-state index contributed by atoms with van der Waals surface area (Å²) >= 11 is 0. The Morgan fingerprint density at radius 2 is 1.94 bits per heavy atom. The Morgan fingerprint density at radius 3 is 2.53 bits per heavy atom. The summed E-state index contributed by atoms with van der Waals surface area (Å²) in [5, 5.41) is 3.46. The zero-order valence-corrected chi connectivity index (χ0v) is 11.8. The highest BCUT2D eigenvalue weighted by Gasteiger charge is 2.10. The van der Waals surface area contributed by atoms with Gasteiger partial charge in [0.15, 0.2) is 0 Å². The minimum Gasteiger partial charge on any atom is -0.492 e. The molecule has 0 amide bonds. The minimum atomic E-state index is 0.365. The zero-order chi connectivity index (χ0) is 12.9. The largest absolute Gasteiger partial charge is 0.492 e. The van der Waals surface area contributed by atoms with E-state index in [2.05, 4.69) is 51.2 Å². The Hall–Kier alpha value is -1.18. The molecule has 17 heavy (non-hydrogen) atoms. The molecule has 1 aromatic carbocycles. The first-order chi connectivity index (χ1) is 7.92. The Kier molecular flexibility index (Phi) is 4.86. The van der Waals surface area contributed by atoms with Gasteiger partial charge in [0.1, 0.15) is 5.75 Å². The van der Waals surface area contributed by atoms with E-state index in [1.165, 1.54) is 5.56 Å². The molecule has 0 atom stereocenters. The van der Waals surface area contributed by atoms with E-state index >= 15 is 0 Å². The van der Waals surface area contributed by atoms with Crippen molar-refractivity contribution in [1.29, 1.82) is 0 Å². The van der Waals surface area contributed by atoms with Gasteiger partial charge in [-0.05, 0) is 43.4 Å². The minimum absolute atomic E-state index is 0.365. The van der Waals surface area contributed by atoms with Gasteiger partial charge in [0.2, 0.25) is 0 Å². The molecule has 1 rings (SSSR count). The van der Waals surface area contributed by atoms with Gasteiger partial charge < -0.3 is 10.1 Å². The van der Waals surface area contributed by atoms with E-state index in [0.29, 0.717) is 12.0 Å². The molecule has 1 N–H and O–H groups in total. The van der Waals surface area contributed by atoms with Crippen LogP contribution in [0.4, 0.5) is 5.69 Å². The maximum atomic E-state index is 5.64. The van der Waals surface area contributed by atoms with E-state index in [9.17, 15) is 0 Å². The molecule has 0 fully saturated rings. The van der Waals surface area contributed by atoms with Crippen molar-refractivity contribution < 1.29 is 4.74 Å². The van der Waals surface area contributed by atoms with Crippen LogP contribution < -0.4 is 10.1 Å². The van der Waals surface area contributed by atoms with Crippen LogP contribution in [-0.2, 0) is 0 Å². The summed E-state index contributed by atoms with van der Waals surface area (Å²) in [6.07, 6.45) is 1.15. The molecule has 0 saturated carbocycles. The lowest BCUT2D eigenvalue weighted by Crippen LogP contribution is -2.13. The van der Waals surface area contributed by atoms with Crippen LogP contribution in [0.1, 0.15) is 39.7 Å². The van der Waals surface area contributed by atoms with Crippen molar-refractivity contribution in [2.24, 2.45) is 5.41 Å². The summed E-state index contributed by atoms with van der Waals surface area (Å²) in [7, 11) is 0. The standard InChI is InChI=1S/C15H25NO/c1-6-17-14-11-12(2)7-8-13(14)16-10-9-15(3,4)5/h7-8,11,16H,6,9-10H2,1-5H3. The second-order valence-electron chi connectivity index (χ2n) is 5.67. The summed E-state index contributed by atoms with van der Waals surface area (Å²) in [5.41, 5.74) is 2.69. The lowest BCUT2D eigenvalue weighted by atomic mass is 9.92. The fourth-order valence-corrected chi connectivity index (χ4v) is 1.62. The molecule has 0 aromatic heterocycles. The summed E-state index contributed by atoms with van der Waals surface area (Å²) in [6.45, 7) is 12.6. The molecule has 0 heterocycles. The number of ether oxygens (including phenoxy) is 1. The highest BCUT2D eigenvalue weighted by atomic mass is 16.5. The van der Waals surface area contributed by atoms with E-state index in [-0.39, 0.29) is 0 Å². The molecule has 2 nitrogen and oxygen atoms in total. The van der Waals surface area contributed by atoms with E-state index in [1.54, 1.807) is 0 Å². The Labute approximate surface area is 105 Å². The summed E-state index contributed by atoms with van der Waals surface area (Å²) in [5.74, 6) is 0.960. The first-order valence-electron chi connectivity index (χ1n) is 6.40. The van der Waals surface area contributed by atoms with Crippen molar-refractivity contribution in [3.63, 3.8) is 0 Å². The van der Waals surface area contributed by atoms with E-state index in [1.807, 2.05) is 6.92 Å². The van der Waals surface area contributed by atoms with Crippen molar-refractivity contribution in [1.82, 2.24) is 0 Å². The van der Waals surface area contributed by atoms with Gasteiger partial charge in [-0.1, -0.05) is 26.8 Å². The van der Waals surface area contributed by atoms with Crippen LogP contribution in [0.5, 0.6) is 5.75 Å². The van der Waals surface area contributed by atoms with Gasteiger partial charge in [-0.2, -0.15) is 0 Å². The van der Waals surface area contributed by atoms with Gasteiger partial charge in [0.25, 0.3) is 0 Å². The first kappa shape index (κ1) is 13.9. The fraction of sp³-hybridized carbons (Fsp3) is 0.600. The third-order valence-electron chi connectivity index (χ3n) is 2.63. The smallest absolute Gasteiger partial charge is 0.142 e. The number of hydrogen-bond acceptors (Lipinski definition) is 2. The van der Waals surface area contributed by atoms with Crippen LogP contribution in [0, 0.1) is 12.3 Å². The van der Waals surface area contributed by atoms with Gasteiger partial charge in [-0.3, -0.25) is 0 Å². The van der Waals surface area contributed by atoms with Gasteiger partial charge in [0, 0.05) is 6.54 Å². The number of benzene rings is 1. The van der Waals surface area contributed by atoms with Gasteiger partial charge >= 0.3 is 0 Å². The molecule has 0 radical (unpaired) electrons. The first-order valence-corrected chi connectivity index (χ1v) is 6.40. The predicted octanol–water partition coefficient (Wildman–Crippen LogP) is 4.24. The van der Waals surface area contributed by atoms with Gasteiger partial charge in [0.05, 0.1) is 12.3 Å². The van der Waals surface area contributed by atoms with Crippen molar-refractivity contribution in [2.45, 2.75) is 41.0 Å². The molecule has 0 unspecified atom stereocenters. The van der Waals surface area contributed by atoms with Crippen molar-refractivity contribution in [2.75, 3.05) is 18.5 Å². The molecule has 2 heteroatoms. The Balaban J connectivity index is 2.63. The molecule has 0 aliphatic heterocycles. The van der Waals surface area contributed by atoms with Gasteiger partial charge in [-0.25, -0.2) is 0 Å². The SMILES string of the molecule is CCOc1cc(C)ccc1NCCC(C)(C)C. The average molecular weight is 235 g/mol. The van der Waals surface area contributed by atoms with Crippen molar-refractivity contribution in [3.05, 3.63) is 23.8 Å². The number of anilines is 1. The van der Waals surface area contributed by atoms with Crippen molar-refractivity contribution in [3.8, 4) is 5.75 Å². The second-order valence-corrected chi connectivity index (χ2v) is 5.67. The number of nitrogens with one attached hydrogen (secondary N) is 1. The molecule has 0 aliphatic rings. The van der Waals surface area contributed by atoms with Gasteiger partial charge in [-0.15, -0.1) is 0 Å². The van der Waals surface area contributed by atoms with Crippen LogP contribution in [0.15, 0.2) is 18.2 Å². The average Bonchev–Trinajstić information content (AvgIpc) is 2.20. The third kappa shape index (κ3) is 5.12. The van der Waals surface area contributed by atoms with Crippen LogP contribution in [0.3, 0.4) is 0 Å². The third-order valence-corrected chi connectivity index (χ3v) is 2.63. The summed E-state index contributed by atoms with van der Waals surface area (Å²) in [4.78, 5) is 0. The summed E-state index contributed by atoms with van der Waals surface area (Å²) < 4.78 is 5.64. The Morgan fingerprint density at radius 1 is 1.24 bits per heavy atom. The molecule has 0 saturated heterocycles.